The van der Waals surface area contributed by atoms with Gasteiger partial charge < -0.3 is 18.3 Å². The predicted octanol–water partition coefficient (Wildman–Crippen LogP) is 10.1. The summed E-state index contributed by atoms with van der Waals surface area (Å²) < 4.78 is 38.4. The molecular formula is C44H28N4O4S. The van der Waals surface area contributed by atoms with Gasteiger partial charge in [0.25, 0.3) is 0 Å². The predicted molar refractivity (Wildman–Crippen MR) is 209 cm³/mol. The fourth-order valence-electron chi connectivity index (χ4n) is 7.27. The topological polar surface area (TPSA) is 110 Å². The number of nitrogens with zero attached hydrogens (tertiary/aromatic N) is 2. The maximum absolute atomic E-state index is 13.5. The quantitative estimate of drug-likeness (QED) is 0.188. The van der Waals surface area contributed by atoms with Crippen LogP contribution in [0.25, 0.3) is 78.9 Å². The second-order valence-corrected chi connectivity index (χ2v) is 14.0. The van der Waals surface area contributed by atoms with Crippen LogP contribution in [0.15, 0.2) is 146 Å². The Morgan fingerprint density at radius 2 is 1.06 bits per heavy atom. The average molecular weight is 709 g/mol. The first-order chi connectivity index (χ1) is 26.0. The second kappa shape index (κ2) is 12.1. The fourth-order valence-corrected chi connectivity index (χ4v) is 8.05. The van der Waals surface area contributed by atoms with E-state index in [0.717, 1.165) is 61.4 Å². The smallest absolute Gasteiger partial charge is 0.354 e. The zero-order valence-electron chi connectivity index (χ0n) is 27.9. The molecule has 0 amide bonds. The monoisotopic (exact) mass is 708 g/mol. The van der Waals surface area contributed by atoms with E-state index in [-0.39, 0.29) is 17.2 Å². The molecule has 0 atom stereocenters. The number of aromatic amines is 2. The first kappa shape index (κ1) is 30.8. The summed E-state index contributed by atoms with van der Waals surface area (Å²) in [6, 6.07) is 47.7. The number of aromatic nitrogens is 4. The van der Waals surface area contributed by atoms with Crippen molar-refractivity contribution in [2.24, 2.45) is 0 Å². The van der Waals surface area contributed by atoms with E-state index in [9.17, 15) is 8.42 Å². The van der Waals surface area contributed by atoms with Gasteiger partial charge in [0.1, 0.15) is 0 Å². The molecule has 254 valence electrons. The molecule has 8 bridgehead atoms. The number of benzene rings is 4. The van der Waals surface area contributed by atoms with Crippen molar-refractivity contribution in [3.63, 3.8) is 0 Å². The molecule has 0 saturated heterocycles. The molecular weight excluding hydrogens is 681 g/mol. The summed E-state index contributed by atoms with van der Waals surface area (Å²) in [4.78, 5) is 17.4. The lowest BCUT2D eigenvalue weighted by molar-refractivity contribution is 0.361. The van der Waals surface area contributed by atoms with Crippen LogP contribution in [0.2, 0.25) is 0 Å². The van der Waals surface area contributed by atoms with Crippen molar-refractivity contribution in [2.45, 2.75) is 0 Å². The Morgan fingerprint density at radius 1 is 0.491 bits per heavy atom. The van der Waals surface area contributed by atoms with Gasteiger partial charge in [-0.15, -0.1) is 8.42 Å². The minimum atomic E-state index is -4.53. The van der Waals surface area contributed by atoms with Crippen LogP contribution in [0.3, 0.4) is 0 Å². The average Bonchev–Trinajstić information content (AvgIpc) is 3.99. The summed E-state index contributed by atoms with van der Waals surface area (Å²) in [5.41, 5.74) is 11.9. The van der Waals surface area contributed by atoms with Gasteiger partial charge >= 0.3 is 10.4 Å². The van der Waals surface area contributed by atoms with Crippen molar-refractivity contribution in [3.05, 3.63) is 174 Å². The molecule has 3 aliphatic rings. The summed E-state index contributed by atoms with van der Waals surface area (Å²) in [6.45, 7) is 0. The van der Waals surface area contributed by atoms with Gasteiger partial charge in [0, 0.05) is 27.7 Å². The van der Waals surface area contributed by atoms with Crippen molar-refractivity contribution in [2.75, 3.05) is 0 Å². The Bertz CT molecular complexity index is 2940. The lowest BCUT2D eigenvalue weighted by atomic mass is 9.91. The van der Waals surface area contributed by atoms with Crippen molar-refractivity contribution in [3.8, 4) is 39.1 Å². The third-order valence-electron chi connectivity index (χ3n) is 9.49. The molecule has 0 unspecified atom stereocenters. The number of fused-ring (bicyclic) bond motifs is 8. The molecule has 8 nitrogen and oxygen atoms in total. The number of hydrogen-bond donors (Lipinski definition) is 2. The van der Waals surface area contributed by atoms with Gasteiger partial charge in [0.05, 0.1) is 33.7 Å². The van der Waals surface area contributed by atoms with Crippen LogP contribution < -0.4 is 4.18 Å². The summed E-state index contributed by atoms with van der Waals surface area (Å²) >= 11 is 0. The highest BCUT2D eigenvalue weighted by atomic mass is 32.3. The Labute approximate surface area is 304 Å². The SMILES string of the molecule is O=S1(=O)OC2=C(c3ccccc3)c3nc2c(c2ccc(cc4nc(cc5[nH]c(c3-c3ccccc3)c(-c3ccccc3)c5-c3ccccc3)C=C4)[nH]2)O1. The van der Waals surface area contributed by atoms with E-state index >= 15 is 0 Å². The molecule has 0 saturated carbocycles. The van der Waals surface area contributed by atoms with Gasteiger partial charge in [-0.25, -0.2) is 9.97 Å². The van der Waals surface area contributed by atoms with Crippen molar-refractivity contribution in [1.29, 1.82) is 0 Å². The number of hydrogen-bond acceptors (Lipinski definition) is 6. The molecule has 3 aromatic heterocycles. The summed E-state index contributed by atoms with van der Waals surface area (Å²) in [6.07, 6.45) is 3.94. The molecule has 7 aromatic rings. The molecule has 3 aliphatic heterocycles. The van der Waals surface area contributed by atoms with E-state index in [1.165, 1.54) is 0 Å². The highest BCUT2D eigenvalue weighted by Crippen LogP contribution is 2.50. The van der Waals surface area contributed by atoms with Crippen molar-refractivity contribution >= 4 is 56.0 Å². The second-order valence-electron chi connectivity index (χ2n) is 12.8. The van der Waals surface area contributed by atoms with Crippen LogP contribution in [-0.2, 0) is 14.6 Å². The highest BCUT2D eigenvalue weighted by Gasteiger charge is 2.39. The molecule has 6 heterocycles. The summed E-state index contributed by atoms with van der Waals surface area (Å²) in [7, 11) is -4.53. The normalized spacial score (nSPS) is 14.1. The maximum atomic E-state index is 13.5. The molecule has 10 rings (SSSR count). The first-order valence-corrected chi connectivity index (χ1v) is 18.4. The molecule has 0 radical (unpaired) electrons. The third-order valence-corrected chi connectivity index (χ3v) is 10.2. The standard InChI is InChI=1S/C44H28N4O4S/c49-53(50)51-43-34-24-23-32(46-34)25-31-21-22-33(45-31)26-35-36(27-13-5-1-6-14-27)37(28-15-7-2-8-16-28)40(47-35)38(29-17-9-3-10-18-29)41-39(30-19-11-4-12-20-30)44(52-53)42(43)48-41/h1-26,46-47H. The Morgan fingerprint density at radius 3 is 1.70 bits per heavy atom. The van der Waals surface area contributed by atoms with Crippen LogP contribution in [-0.4, -0.2) is 28.4 Å². The van der Waals surface area contributed by atoms with E-state index in [0.29, 0.717) is 22.3 Å². The highest BCUT2D eigenvalue weighted by molar-refractivity contribution is 7.82. The van der Waals surface area contributed by atoms with E-state index in [2.05, 4.69) is 40.3 Å². The molecule has 4 aromatic carbocycles. The minimum absolute atomic E-state index is 0.0405. The Balaban J connectivity index is 1.50. The zero-order valence-corrected chi connectivity index (χ0v) is 28.8. The van der Waals surface area contributed by atoms with Crippen LogP contribution >= 0.6 is 0 Å². The number of rotatable bonds is 4. The third kappa shape index (κ3) is 5.33. The summed E-state index contributed by atoms with van der Waals surface area (Å²) in [5.74, 6) is 0.133. The van der Waals surface area contributed by atoms with E-state index in [1.807, 2.05) is 121 Å². The number of nitrogens with one attached hydrogen (secondary N) is 2. The lowest BCUT2D eigenvalue weighted by Crippen LogP contribution is -2.18. The van der Waals surface area contributed by atoms with Crippen molar-refractivity contribution < 1.29 is 16.8 Å². The molecule has 53 heavy (non-hydrogen) atoms. The zero-order chi connectivity index (χ0) is 35.5. The van der Waals surface area contributed by atoms with Gasteiger partial charge in [-0.05, 0) is 58.7 Å². The van der Waals surface area contributed by atoms with Gasteiger partial charge in [-0.3, -0.25) is 0 Å². The Hall–Kier alpha value is -6.97. The number of H-pyrrole nitrogens is 2. The van der Waals surface area contributed by atoms with Crippen LogP contribution in [0, 0.1) is 0 Å². The molecule has 0 aliphatic carbocycles. The van der Waals surface area contributed by atoms with Crippen LogP contribution in [0.5, 0.6) is 5.75 Å². The van der Waals surface area contributed by atoms with Gasteiger partial charge in [-0.1, -0.05) is 121 Å². The molecule has 0 spiro atoms. The van der Waals surface area contributed by atoms with E-state index in [4.69, 9.17) is 18.3 Å². The Kier molecular flexibility index (Phi) is 7.02. The van der Waals surface area contributed by atoms with E-state index in [1.54, 1.807) is 6.07 Å². The van der Waals surface area contributed by atoms with Crippen LogP contribution in [0.4, 0.5) is 0 Å². The largest absolute Gasteiger partial charge is 0.501 e. The minimum Gasteiger partial charge on any atom is -0.354 e. The van der Waals surface area contributed by atoms with Crippen molar-refractivity contribution in [1.82, 2.24) is 19.9 Å². The lowest BCUT2D eigenvalue weighted by Gasteiger charge is -2.17. The molecule has 9 heteroatoms. The van der Waals surface area contributed by atoms with Gasteiger partial charge in [0.2, 0.25) is 0 Å². The maximum Gasteiger partial charge on any atom is 0.501 e. The van der Waals surface area contributed by atoms with Gasteiger partial charge in [0.15, 0.2) is 17.2 Å². The van der Waals surface area contributed by atoms with Crippen LogP contribution in [0.1, 0.15) is 28.3 Å². The first-order valence-electron chi connectivity index (χ1n) is 17.1. The van der Waals surface area contributed by atoms with E-state index < -0.39 is 10.4 Å². The fraction of sp³-hybridized carbons (Fsp3) is 0. The van der Waals surface area contributed by atoms with Gasteiger partial charge in [-0.2, -0.15) is 0 Å². The summed E-state index contributed by atoms with van der Waals surface area (Å²) in [5, 5.41) is 0. The molecule has 0 fully saturated rings. The molecule has 2 N–H and O–H groups in total.